The Bertz CT molecular complexity index is 607. The highest BCUT2D eigenvalue weighted by Crippen LogP contribution is 2.26. The van der Waals surface area contributed by atoms with Crippen molar-refractivity contribution in [3.63, 3.8) is 0 Å². The number of halogens is 3. The van der Waals surface area contributed by atoms with Crippen molar-refractivity contribution in [1.29, 1.82) is 0 Å². The second kappa shape index (κ2) is 13.0. The van der Waals surface area contributed by atoms with Gasteiger partial charge in [-0.05, 0) is 30.5 Å². The van der Waals surface area contributed by atoms with Gasteiger partial charge in [0.25, 0.3) is 0 Å². The van der Waals surface area contributed by atoms with E-state index in [0.29, 0.717) is 24.7 Å². The molecule has 3 N–H and O–H groups in total. The fourth-order valence-electron chi connectivity index (χ4n) is 3.50. The highest BCUT2D eigenvalue weighted by molar-refractivity contribution is 6.18. The van der Waals surface area contributed by atoms with Crippen LogP contribution in [0.5, 0.6) is 0 Å². The summed E-state index contributed by atoms with van der Waals surface area (Å²) in [5, 5.41) is 30.3. The zero-order chi connectivity index (χ0) is 22.1. The van der Waals surface area contributed by atoms with Gasteiger partial charge in [-0.25, -0.2) is 4.39 Å². The molecule has 1 fully saturated rings. The summed E-state index contributed by atoms with van der Waals surface area (Å²) in [5.74, 6) is 1.04. The van der Waals surface area contributed by atoms with Crippen molar-refractivity contribution in [3.8, 4) is 0 Å². The molecule has 5 atom stereocenters. The zero-order valence-corrected chi connectivity index (χ0v) is 18.6. The Morgan fingerprint density at radius 3 is 2.23 bits per heavy atom. The van der Waals surface area contributed by atoms with Gasteiger partial charge in [0.1, 0.15) is 18.3 Å². The molecule has 1 aromatic carbocycles. The third kappa shape index (κ3) is 6.64. The molecule has 0 saturated carbocycles. The van der Waals surface area contributed by atoms with Crippen molar-refractivity contribution in [1.82, 2.24) is 5.06 Å². The summed E-state index contributed by atoms with van der Waals surface area (Å²) in [6.45, 7) is 1.25. The van der Waals surface area contributed by atoms with E-state index in [-0.39, 0.29) is 0 Å². The van der Waals surface area contributed by atoms with Gasteiger partial charge in [0, 0.05) is 37.1 Å². The lowest BCUT2D eigenvalue weighted by Crippen LogP contribution is -2.61. The van der Waals surface area contributed by atoms with Crippen LogP contribution in [-0.2, 0) is 16.0 Å². The van der Waals surface area contributed by atoms with E-state index >= 15 is 0 Å². The highest BCUT2D eigenvalue weighted by Gasteiger charge is 2.47. The Labute approximate surface area is 186 Å². The number of rotatable bonds is 12. The van der Waals surface area contributed by atoms with Gasteiger partial charge in [-0.3, -0.25) is 4.84 Å². The number of aryl methyl sites for hydroxylation is 1. The average molecular weight is 469 g/mol. The van der Waals surface area contributed by atoms with E-state index in [1.54, 1.807) is 0 Å². The van der Waals surface area contributed by atoms with E-state index in [1.165, 1.54) is 12.2 Å². The van der Waals surface area contributed by atoms with Crippen molar-refractivity contribution in [3.05, 3.63) is 29.8 Å². The molecule has 10 heteroatoms. The van der Waals surface area contributed by atoms with Gasteiger partial charge in [-0.2, -0.15) is 5.06 Å². The van der Waals surface area contributed by atoms with Crippen LogP contribution in [0.1, 0.15) is 12.0 Å². The maximum absolute atomic E-state index is 14.5. The summed E-state index contributed by atoms with van der Waals surface area (Å²) < 4.78 is 19.9. The molecular formula is C20H31Cl2FN2O5. The minimum absolute atomic E-state index is 0.342. The van der Waals surface area contributed by atoms with Gasteiger partial charge >= 0.3 is 0 Å². The molecule has 0 amide bonds. The second-order valence-corrected chi connectivity index (χ2v) is 7.89. The number of nitrogens with zero attached hydrogens (tertiary/aromatic N) is 2. The molecule has 1 aromatic rings. The first-order valence-electron chi connectivity index (χ1n) is 9.99. The SMILES string of the molecule is CON(CCCc1ccc(N(CCCl)CCCl)cc1)[C@@H]1O[C@H](CO)[C@@H](O)[C@H](O)[C@H]1F. The number of hydrogen-bond donors (Lipinski definition) is 3. The van der Waals surface area contributed by atoms with Crippen LogP contribution in [0.4, 0.5) is 10.1 Å². The minimum Gasteiger partial charge on any atom is -0.394 e. The maximum Gasteiger partial charge on any atom is 0.170 e. The van der Waals surface area contributed by atoms with E-state index in [4.69, 9.17) is 32.8 Å². The van der Waals surface area contributed by atoms with Crippen molar-refractivity contribution in [2.24, 2.45) is 0 Å². The number of aliphatic hydroxyl groups is 3. The van der Waals surface area contributed by atoms with Crippen LogP contribution in [-0.4, -0.2) is 96.2 Å². The molecule has 1 aliphatic heterocycles. The van der Waals surface area contributed by atoms with Gasteiger partial charge in [-0.15, -0.1) is 23.2 Å². The third-order valence-corrected chi connectivity index (χ3v) is 5.53. The Hall–Kier alpha value is -0.710. The molecule has 0 aromatic heterocycles. The van der Waals surface area contributed by atoms with Crippen molar-refractivity contribution < 1.29 is 29.3 Å². The number of hydroxylamine groups is 2. The summed E-state index contributed by atoms with van der Waals surface area (Å²) in [7, 11) is 1.39. The summed E-state index contributed by atoms with van der Waals surface area (Å²) in [5.41, 5.74) is 2.16. The van der Waals surface area contributed by atoms with Crippen LogP contribution >= 0.6 is 23.2 Å². The van der Waals surface area contributed by atoms with Gasteiger partial charge in [0.05, 0.1) is 13.7 Å². The fraction of sp³-hybridized carbons (Fsp3) is 0.700. The van der Waals surface area contributed by atoms with Gasteiger partial charge in [0.2, 0.25) is 0 Å². The molecular weight excluding hydrogens is 438 g/mol. The molecule has 1 aliphatic rings. The fourth-order valence-corrected chi connectivity index (χ4v) is 3.91. The molecule has 0 spiro atoms. The van der Waals surface area contributed by atoms with E-state index in [2.05, 4.69) is 4.90 Å². The lowest BCUT2D eigenvalue weighted by molar-refractivity contribution is -0.317. The lowest BCUT2D eigenvalue weighted by atomic mass is 9.99. The van der Waals surface area contributed by atoms with Crippen LogP contribution in [0.2, 0.25) is 0 Å². The Morgan fingerprint density at radius 2 is 1.70 bits per heavy atom. The first-order chi connectivity index (χ1) is 14.5. The zero-order valence-electron chi connectivity index (χ0n) is 17.0. The summed E-state index contributed by atoms with van der Waals surface area (Å²) in [4.78, 5) is 7.36. The van der Waals surface area contributed by atoms with E-state index in [1.807, 2.05) is 24.3 Å². The van der Waals surface area contributed by atoms with Crippen LogP contribution in [0.15, 0.2) is 24.3 Å². The van der Waals surface area contributed by atoms with Crippen LogP contribution in [0.25, 0.3) is 0 Å². The second-order valence-electron chi connectivity index (χ2n) is 7.13. The molecule has 7 nitrogen and oxygen atoms in total. The Morgan fingerprint density at radius 1 is 1.07 bits per heavy atom. The van der Waals surface area contributed by atoms with Crippen molar-refractivity contribution >= 4 is 28.9 Å². The number of ether oxygens (including phenoxy) is 1. The predicted octanol–water partition coefficient (Wildman–Crippen LogP) is 1.54. The van der Waals surface area contributed by atoms with Crippen molar-refractivity contribution in [2.45, 2.75) is 43.6 Å². The number of alkyl halides is 3. The Kier molecular flexibility index (Phi) is 11.1. The van der Waals surface area contributed by atoms with Gasteiger partial charge in [0.15, 0.2) is 12.4 Å². The number of benzene rings is 1. The van der Waals surface area contributed by atoms with Gasteiger partial charge in [-0.1, -0.05) is 12.1 Å². The van der Waals surface area contributed by atoms with E-state index in [9.17, 15) is 19.7 Å². The lowest BCUT2D eigenvalue weighted by Gasteiger charge is -2.42. The first-order valence-corrected chi connectivity index (χ1v) is 11.1. The molecule has 0 unspecified atom stereocenters. The molecule has 30 heavy (non-hydrogen) atoms. The standard InChI is InChI=1S/C20H31Cl2FN2O5/c1-29-25(20-17(23)19(28)18(27)16(13-26)30-20)10-2-3-14-4-6-15(7-5-14)24(11-8-21)12-9-22/h4-7,16-20,26-28H,2-3,8-13H2,1H3/t16-,17-,18-,19-,20-/m1/s1. The number of aliphatic hydroxyl groups excluding tert-OH is 3. The molecule has 0 aliphatic carbocycles. The normalized spacial score (nSPS) is 26.9. The van der Waals surface area contributed by atoms with Crippen LogP contribution in [0, 0.1) is 0 Å². The Balaban J connectivity index is 1.91. The molecule has 0 radical (unpaired) electrons. The van der Waals surface area contributed by atoms with Gasteiger partial charge < -0.3 is 25.0 Å². The molecule has 172 valence electrons. The predicted molar refractivity (Wildman–Crippen MR) is 115 cm³/mol. The largest absolute Gasteiger partial charge is 0.394 e. The third-order valence-electron chi connectivity index (χ3n) is 5.20. The number of hydrogen-bond acceptors (Lipinski definition) is 7. The first kappa shape index (κ1) is 25.5. The van der Waals surface area contributed by atoms with Crippen molar-refractivity contribution in [2.75, 3.05) is 50.0 Å². The van der Waals surface area contributed by atoms with Crippen LogP contribution in [0.3, 0.4) is 0 Å². The average Bonchev–Trinajstić information content (AvgIpc) is 2.76. The van der Waals surface area contributed by atoms with E-state index in [0.717, 1.165) is 30.8 Å². The summed E-state index contributed by atoms with van der Waals surface area (Å²) in [6, 6.07) is 8.10. The van der Waals surface area contributed by atoms with E-state index < -0.39 is 37.3 Å². The maximum atomic E-state index is 14.5. The minimum atomic E-state index is -1.86. The number of anilines is 1. The quantitative estimate of drug-likeness (QED) is 0.316. The highest BCUT2D eigenvalue weighted by atomic mass is 35.5. The molecule has 1 saturated heterocycles. The summed E-state index contributed by atoms with van der Waals surface area (Å²) >= 11 is 11.7. The molecule has 0 bridgehead atoms. The van der Waals surface area contributed by atoms with Crippen LogP contribution < -0.4 is 4.90 Å². The smallest absolute Gasteiger partial charge is 0.170 e. The topological polar surface area (TPSA) is 85.6 Å². The monoisotopic (exact) mass is 468 g/mol. The molecule has 2 rings (SSSR count). The summed E-state index contributed by atoms with van der Waals surface area (Å²) in [6.07, 6.45) is -5.93. The molecule has 1 heterocycles.